The van der Waals surface area contributed by atoms with E-state index in [9.17, 15) is 9.18 Å². The van der Waals surface area contributed by atoms with Crippen LogP contribution in [0.4, 0.5) is 4.39 Å². The lowest BCUT2D eigenvalue weighted by molar-refractivity contribution is -0.126. The molecular formula is C20H20FNO3. The van der Waals surface area contributed by atoms with Crippen molar-refractivity contribution in [3.8, 4) is 17.2 Å². The minimum atomic E-state index is -0.551. The van der Waals surface area contributed by atoms with Crippen molar-refractivity contribution < 1.29 is 18.7 Å². The van der Waals surface area contributed by atoms with Gasteiger partial charge >= 0.3 is 0 Å². The van der Waals surface area contributed by atoms with Crippen molar-refractivity contribution in [1.29, 1.82) is 0 Å². The fourth-order valence-electron chi connectivity index (χ4n) is 3.17. The molecule has 1 aliphatic rings. The Hall–Kier alpha value is -2.82. The Kier molecular flexibility index (Phi) is 5.03. The molecular weight excluding hydrogens is 321 g/mol. The van der Waals surface area contributed by atoms with E-state index < -0.39 is 5.82 Å². The van der Waals surface area contributed by atoms with Gasteiger partial charge in [-0.1, -0.05) is 30.8 Å². The summed E-state index contributed by atoms with van der Waals surface area (Å²) in [5.74, 6) is 0.0873. The zero-order valence-electron chi connectivity index (χ0n) is 14.1. The number of amides is 1. The van der Waals surface area contributed by atoms with Crippen LogP contribution >= 0.6 is 0 Å². The minimum Gasteiger partial charge on any atom is -0.494 e. The second-order valence-corrected chi connectivity index (χ2v) is 5.81. The number of likely N-dealkylation sites (tertiary alicyclic amines) is 1. The molecule has 1 saturated heterocycles. The number of para-hydroxylation sites is 1. The topological polar surface area (TPSA) is 38.8 Å². The van der Waals surface area contributed by atoms with E-state index in [0.29, 0.717) is 12.3 Å². The van der Waals surface area contributed by atoms with Crippen LogP contribution in [0.3, 0.4) is 0 Å². The number of carbonyl (C=O) groups excluding carboxylic acids is 1. The van der Waals surface area contributed by atoms with Crippen molar-refractivity contribution in [1.82, 2.24) is 4.90 Å². The van der Waals surface area contributed by atoms with Crippen LogP contribution in [0.2, 0.25) is 0 Å². The molecule has 0 saturated carbocycles. The third-order valence-corrected chi connectivity index (χ3v) is 4.36. The van der Waals surface area contributed by atoms with Gasteiger partial charge in [-0.3, -0.25) is 4.79 Å². The Bertz CT molecular complexity index is 790. The minimum absolute atomic E-state index is 0.0893. The molecule has 0 aliphatic carbocycles. The van der Waals surface area contributed by atoms with Gasteiger partial charge in [0.2, 0.25) is 11.7 Å². The first-order valence-corrected chi connectivity index (χ1v) is 8.18. The Labute approximate surface area is 146 Å². The smallest absolute Gasteiger partial charge is 0.246 e. The van der Waals surface area contributed by atoms with E-state index in [4.69, 9.17) is 9.47 Å². The van der Waals surface area contributed by atoms with Crippen molar-refractivity contribution >= 4 is 5.91 Å². The van der Waals surface area contributed by atoms with Crippen LogP contribution < -0.4 is 9.47 Å². The second kappa shape index (κ2) is 7.38. The quantitative estimate of drug-likeness (QED) is 0.753. The molecule has 25 heavy (non-hydrogen) atoms. The van der Waals surface area contributed by atoms with Gasteiger partial charge in [0.05, 0.1) is 13.2 Å². The van der Waals surface area contributed by atoms with E-state index in [1.165, 1.54) is 19.3 Å². The first kappa shape index (κ1) is 17.0. The maximum atomic E-state index is 14.4. The number of rotatable bonds is 5. The maximum Gasteiger partial charge on any atom is 0.246 e. The molecule has 0 bridgehead atoms. The van der Waals surface area contributed by atoms with Crippen molar-refractivity contribution in [2.24, 2.45) is 0 Å². The van der Waals surface area contributed by atoms with Crippen LogP contribution in [-0.4, -0.2) is 24.5 Å². The average Bonchev–Trinajstić information content (AvgIpc) is 3.13. The van der Waals surface area contributed by atoms with E-state index in [0.717, 1.165) is 18.4 Å². The van der Waals surface area contributed by atoms with Gasteiger partial charge in [0.1, 0.15) is 5.75 Å². The Morgan fingerprint density at radius 2 is 1.92 bits per heavy atom. The molecule has 130 valence electrons. The Balaban J connectivity index is 1.94. The summed E-state index contributed by atoms with van der Waals surface area (Å²) in [6.07, 6.45) is 3.07. The molecule has 1 aliphatic heterocycles. The zero-order valence-corrected chi connectivity index (χ0v) is 14.1. The fraction of sp³-hybridized carbons (Fsp3) is 0.250. The summed E-state index contributed by atoms with van der Waals surface area (Å²) in [5, 5.41) is 0. The van der Waals surface area contributed by atoms with E-state index in [-0.39, 0.29) is 23.4 Å². The predicted octanol–water partition coefficient (Wildman–Crippen LogP) is 4.48. The summed E-state index contributed by atoms with van der Waals surface area (Å²) in [5.41, 5.74) is 0.859. The highest BCUT2D eigenvalue weighted by molar-refractivity contribution is 5.87. The van der Waals surface area contributed by atoms with Crippen LogP contribution in [0.15, 0.2) is 55.1 Å². The van der Waals surface area contributed by atoms with Gasteiger partial charge in [-0.05, 0) is 37.1 Å². The van der Waals surface area contributed by atoms with Crippen molar-refractivity contribution in [3.63, 3.8) is 0 Å². The van der Waals surface area contributed by atoms with Crippen LogP contribution in [0, 0.1) is 5.82 Å². The molecule has 1 heterocycles. The SMILES string of the molecule is C=CC(=O)N1CCC[C@H]1c1ccccc1Oc1cccc(OC)c1F. The molecule has 0 unspecified atom stereocenters. The lowest BCUT2D eigenvalue weighted by atomic mass is 10.0. The Morgan fingerprint density at radius 1 is 1.20 bits per heavy atom. The Morgan fingerprint density at radius 3 is 2.68 bits per heavy atom. The molecule has 1 atom stereocenters. The third kappa shape index (κ3) is 3.36. The van der Waals surface area contributed by atoms with Gasteiger partial charge in [-0.25, -0.2) is 0 Å². The molecule has 1 amide bonds. The number of carbonyl (C=O) groups is 1. The van der Waals surface area contributed by atoms with Gasteiger partial charge < -0.3 is 14.4 Å². The van der Waals surface area contributed by atoms with Gasteiger partial charge in [0.15, 0.2) is 11.5 Å². The summed E-state index contributed by atoms with van der Waals surface area (Å²) in [4.78, 5) is 13.9. The zero-order chi connectivity index (χ0) is 17.8. The molecule has 0 radical (unpaired) electrons. The van der Waals surface area contributed by atoms with Gasteiger partial charge in [0.25, 0.3) is 0 Å². The lowest BCUT2D eigenvalue weighted by Gasteiger charge is -2.25. The molecule has 4 nitrogen and oxygen atoms in total. The fourth-order valence-corrected chi connectivity index (χ4v) is 3.17. The van der Waals surface area contributed by atoms with E-state index in [2.05, 4.69) is 6.58 Å². The molecule has 0 spiro atoms. The number of benzene rings is 2. The van der Waals surface area contributed by atoms with Crippen molar-refractivity contribution in [3.05, 3.63) is 66.5 Å². The average molecular weight is 341 g/mol. The molecule has 5 heteroatoms. The van der Waals surface area contributed by atoms with E-state index >= 15 is 0 Å². The van der Waals surface area contributed by atoms with Crippen LogP contribution in [-0.2, 0) is 4.79 Å². The number of ether oxygens (including phenoxy) is 2. The third-order valence-electron chi connectivity index (χ3n) is 4.36. The molecule has 1 fully saturated rings. The van der Waals surface area contributed by atoms with Crippen LogP contribution in [0.25, 0.3) is 0 Å². The molecule has 3 rings (SSSR count). The highest BCUT2D eigenvalue weighted by Gasteiger charge is 2.30. The van der Waals surface area contributed by atoms with E-state index in [1.54, 1.807) is 23.1 Å². The second-order valence-electron chi connectivity index (χ2n) is 5.81. The standard InChI is InChI=1S/C20H20FNO3/c1-3-19(23)22-13-7-9-15(22)14-8-4-5-10-16(14)25-18-12-6-11-17(24-2)20(18)21/h3-6,8,10-12,15H,1,7,9,13H2,2H3/t15-/m0/s1. The van der Waals surface area contributed by atoms with Gasteiger partial charge in [-0.15, -0.1) is 0 Å². The maximum absolute atomic E-state index is 14.4. The first-order valence-electron chi connectivity index (χ1n) is 8.18. The van der Waals surface area contributed by atoms with Crippen molar-refractivity contribution in [2.75, 3.05) is 13.7 Å². The largest absolute Gasteiger partial charge is 0.494 e. The highest BCUT2D eigenvalue weighted by atomic mass is 19.1. The van der Waals surface area contributed by atoms with Crippen LogP contribution in [0.1, 0.15) is 24.4 Å². The van der Waals surface area contributed by atoms with Gasteiger partial charge in [0, 0.05) is 12.1 Å². The summed E-state index contributed by atoms with van der Waals surface area (Å²) in [7, 11) is 1.41. The highest BCUT2D eigenvalue weighted by Crippen LogP contribution is 2.39. The molecule has 2 aromatic rings. The predicted molar refractivity (Wildman–Crippen MR) is 93.4 cm³/mol. The van der Waals surface area contributed by atoms with E-state index in [1.807, 2.05) is 18.2 Å². The summed E-state index contributed by atoms with van der Waals surface area (Å²) in [6, 6.07) is 12.1. The monoisotopic (exact) mass is 341 g/mol. The normalized spacial score (nSPS) is 16.6. The number of hydrogen-bond acceptors (Lipinski definition) is 3. The van der Waals surface area contributed by atoms with Crippen LogP contribution in [0.5, 0.6) is 17.2 Å². The molecule has 2 aromatic carbocycles. The number of methoxy groups -OCH3 is 1. The summed E-state index contributed by atoms with van der Waals surface area (Å²) >= 11 is 0. The number of hydrogen-bond donors (Lipinski definition) is 0. The lowest BCUT2D eigenvalue weighted by Crippen LogP contribution is -2.28. The number of nitrogens with zero attached hydrogens (tertiary/aromatic N) is 1. The summed E-state index contributed by atoms with van der Waals surface area (Å²) in [6.45, 7) is 4.25. The molecule has 0 aromatic heterocycles. The summed E-state index contributed by atoms with van der Waals surface area (Å²) < 4.78 is 25.2. The first-order chi connectivity index (χ1) is 12.2. The molecule has 0 N–H and O–H groups in total. The number of halogens is 1. The van der Waals surface area contributed by atoms with Gasteiger partial charge in [-0.2, -0.15) is 4.39 Å². The van der Waals surface area contributed by atoms with Crippen molar-refractivity contribution in [2.45, 2.75) is 18.9 Å².